The molecule has 3 rings (SSSR count). The fourth-order valence-electron chi connectivity index (χ4n) is 3.37. The van der Waals surface area contributed by atoms with Gasteiger partial charge in [0.25, 0.3) is 5.91 Å². The molecular formula is C19H22N2O3S. The molecule has 1 amide bonds. The molecule has 0 heterocycles. The molecule has 0 fully saturated rings. The van der Waals surface area contributed by atoms with Crippen LogP contribution in [-0.2, 0) is 16.4 Å². The van der Waals surface area contributed by atoms with Gasteiger partial charge in [0.05, 0.1) is 10.9 Å². The number of hydrogen-bond donors (Lipinski definition) is 1. The van der Waals surface area contributed by atoms with Crippen LogP contribution in [0.5, 0.6) is 0 Å². The summed E-state index contributed by atoms with van der Waals surface area (Å²) in [7, 11) is -0.320. The average molecular weight is 358 g/mol. The number of hydrogen-bond acceptors (Lipinski definition) is 3. The zero-order chi connectivity index (χ0) is 18.0. The third-order valence-corrected chi connectivity index (χ3v) is 6.24. The van der Waals surface area contributed by atoms with Gasteiger partial charge in [-0.05, 0) is 61.7 Å². The van der Waals surface area contributed by atoms with Crippen LogP contribution in [0.15, 0.2) is 53.4 Å². The number of benzene rings is 2. The maximum atomic E-state index is 12.8. The molecule has 2 aromatic rings. The summed E-state index contributed by atoms with van der Waals surface area (Å²) < 4.78 is 25.9. The highest BCUT2D eigenvalue weighted by molar-refractivity contribution is 7.89. The third kappa shape index (κ3) is 3.45. The van der Waals surface area contributed by atoms with Gasteiger partial charge in [-0.3, -0.25) is 4.79 Å². The van der Waals surface area contributed by atoms with Gasteiger partial charge in [-0.15, -0.1) is 0 Å². The van der Waals surface area contributed by atoms with Gasteiger partial charge < -0.3 is 4.90 Å². The molecule has 0 spiro atoms. The molecule has 1 atom stereocenters. The molecule has 0 saturated heterocycles. The van der Waals surface area contributed by atoms with E-state index in [2.05, 4.69) is 16.9 Å². The first kappa shape index (κ1) is 17.6. The minimum absolute atomic E-state index is 0.0539. The monoisotopic (exact) mass is 358 g/mol. The van der Waals surface area contributed by atoms with Gasteiger partial charge in [0.15, 0.2) is 0 Å². The molecule has 0 radical (unpaired) electrons. The summed E-state index contributed by atoms with van der Waals surface area (Å²) >= 11 is 0. The zero-order valence-corrected chi connectivity index (χ0v) is 15.2. The molecule has 132 valence electrons. The van der Waals surface area contributed by atoms with Gasteiger partial charge in [-0.2, -0.15) is 0 Å². The van der Waals surface area contributed by atoms with E-state index in [4.69, 9.17) is 0 Å². The van der Waals surface area contributed by atoms with E-state index in [0.29, 0.717) is 5.56 Å². The summed E-state index contributed by atoms with van der Waals surface area (Å²) in [6, 6.07) is 14.4. The SMILES string of the molecule is CNS(=O)(=O)c1ccc(C(=O)N(C)C2CCCc3ccccc32)cc1. The van der Waals surface area contributed by atoms with Gasteiger partial charge in [0.2, 0.25) is 10.0 Å². The highest BCUT2D eigenvalue weighted by Gasteiger charge is 2.27. The Hall–Kier alpha value is -2.18. The molecule has 1 N–H and O–H groups in total. The lowest BCUT2D eigenvalue weighted by Gasteiger charge is -2.33. The second-order valence-electron chi connectivity index (χ2n) is 6.25. The lowest BCUT2D eigenvalue weighted by atomic mass is 9.87. The van der Waals surface area contributed by atoms with Crippen LogP contribution in [0.3, 0.4) is 0 Å². The first-order chi connectivity index (χ1) is 11.9. The first-order valence-corrected chi connectivity index (χ1v) is 9.81. The van der Waals surface area contributed by atoms with Gasteiger partial charge in [-0.1, -0.05) is 24.3 Å². The summed E-state index contributed by atoms with van der Waals surface area (Å²) in [6.45, 7) is 0. The fraction of sp³-hybridized carbons (Fsp3) is 0.316. The molecule has 0 aliphatic heterocycles. The Bertz CT molecular complexity index is 876. The van der Waals surface area contributed by atoms with Crippen LogP contribution < -0.4 is 4.72 Å². The zero-order valence-electron chi connectivity index (χ0n) is 14.4. The molecule has 2 aromatic carbocycles. The van der Waals surface area contributed by atoms with Gasteiger partial charge in [-0.25, -0.2) is 13.1 Å². The van der Waals surface area contributed by atoms with Gasteiger partial charge in [0.1, 0.15) is 0 Å². The Morgan fingerprint density at radius 1 is 1.12 bits per heavy atom. The summed E-state index contributed by atoms with van der Waals surface area (Å²) in [6.07, 6.45) is 3.04. The number of sulfonamides is 1. The van der Waals surface area contributed by atoms with Gasteiger partial charge >= 0.3 is 0 Å². The molecule has 25 heavy (non-hydrogen) atoms. The van der Waals surface area contributed by atoms with Crippen LogP contribution in [-0.4, -0.2) is 33.3 Å². The van der Waals surface area contributed by atoms with E-state index in [0.717, 1.165) is 19.3 Å². The number of aryl methyl sites for hydroxylation is 1. The molecular weight excluding hydrogens is 336 g/mol. The van der Waals surface area contributed by atoms with Crippen LogP contribution in [0.4, 0.5) is 0 Å². The Labute approximate surface area is 148 Å². The maximum Gasteiger partial charge on any atom is 0.254 e. The number of carbonyl (C=O) groups excluding carboxylic acids is 1. The maximum absolute atomic E-state index is 12.8. The molecule has 6 heteroatoms. The van der Waals surface area contributed by atoms with Crippen molar-refractivity contribution in [1.29, 1.82) is 0 Å². The number of carbonyl (C=O) groups is 1. The van der Waals surface area contributed by atoms with E-state index in [9.17, 15) is 13.2 Å². The predicted molar refractivity (Wildman–Crippen MR) is 96.9 cm³/mol. The third-order valence-electron chi connectivity index (χ3n) is 4.81. The molecule has 1 aliphatic carbocycles. The Morgan fingerprint density at radius 2 is 1.80 bits per heavy atom. The van der Waals surface area contributed by atoms with Crippen molar-refractivity contribution in [2.75, 3.05) is 14.1 Å². The van der Waals surface area contributed by atoms with Crippen LogP contribution in [0, 0.1) is 0 Å². The van der Waals surface area contributed by atoms with E-state index in [1.807, 2.05) is 19.2 Å². The van der Waals surface area contributed by atoms with Crippen molar-refractivity contribution in [3.8, 4) is 0 Å². The van der Waals surface area contributed by atoms with Crippen molar-refractivity contribution in [2.24, 2.45) is 0 Å². The van der Waals surface area contributed by atoms with E-state index >= 15 is 0 Å². The number of nitrogens with one attached hydrogen (secondary N) is 1. The summed E-state index contributed by atoms with van der Waals surface area (Å²) in [5.41, 5.74) is 2.99. The minimum atomic E-state index is -3.50. The van der Waals surface area contributed by atoms with Gasteiger partial charge in [0, 0.05) is 12.6 Å². The second kappa shape index (κ2) is 6.98. The van der Waals surface area contributed by atoms with Crippen LogP contribution in [0.2, 0.25) is 0 Å². The summed E-state index contributed by atoms with van der Waals surface area (Å²) in [5, 5.41) is 0. The van der Waals surface area contributed by atoms with E-state index < -0.39 is 10.0 Å². The number of rotatable bonds is 4. The summed E-state index contributed by atoms with van der Waals surface area (Å²) in [4.78, 5) is 14.8. The molecule has 0 aromatic heterocycles. The van der Waals surface area contributed by atoms with E-state index in [-0.39, 0.29) is 16.8 Å². The first-order valence-electron chi connectivity index (χ1n) is 8.32. The largest absolute Gasteiger partial charge is 0.335 e. The minimum Gasteiger partial charge on any atom is -0.335 e. The standard InChI is InChI=1S/C19H22N2O3S/c1-20-25(23,24)16-12-10-15(11-13-16)19(22)21(2)18-9-5-7-14-6-3-4-8-17(14)18/h3-4,6,8,10-13,18,20H,5,7,9H2,1-2H3. The number of fused-ring (bicyclic) bond motifs is 1. The van der Waals surface area contributed by atoms with E-state index in [1.54, 1.807) is 17.0 Å². The highest BCUT2D eigenvalue weighted by atomic mass is 32.2. The Balaban J connectivity index is 1.84. The lowest BCUT2D eigenvalue weighted by Crippen LogP contribution is -2.33. The van der Waals surface area contributed by atoms with E-state index in [1.165, 1.54) is 30.3 Å². The predicted octanol–water partition coefficient (Wildman–Crippen LogP) is 2.74. The quantitative estimate of drug-likeness (QED) is 0.914. The van der Waals surface area contributed by atoms with Crippen molar-refractivity contribution in [3.05, 3.63) is 65.2 Å². The second-order valence-corrected chi connectivity index (χ2v) is 8.14. The topological polar surface area (TPSA) is 66.5 Å². The molecule has 5 nitrogen and oxygen atoms in total. The average Bonchev–Trinajstić information content (AvgIpc) is 2.66. The highest BCUT2D eigenvalue weighted by Crippen LogP contribution is 2.34. The Morgan fingerprint density at radius 3 is 2.48 bits per heavy atom. The molecule has 1 unspecified atom stereocenters. The van der Waals surface area contributed by atoms with Crippen molar-refractivity contribution >= 4 is 15.9 Å². The molecule has 1 aliphatic rings. The normalized spacial score (nSPS) is 17.0. The van der Waals surface area contributed by atoms with Crippen LogP contribution >= 0.6 is 0 Å². The van der Waals surface area contributed by atoms with Crippen molar-refractivity contribution in [1.82, 2.24) is 9.62 Å². The van der Waals surface area contributed by atoms with Crippen molar-refractivity contribution in [2.45, 2.75) is 30.2 Å². The Kier molecular flexibility index (Phi) is 4.92. The molecule has 0 bridgehead atoms. The number of nitrogens with zero attached hydrogens (tertiary/aromatic N) is 1. The smallest absolute Gasteiger partial charge is 0.254 e. The molecule has 0 saturated carbocycles. The van der Waals surface area contributed by atoms with Crippen LogP contribution in [0.25, 0.3) is 0 Å². The van der Waals surface area contributed by atoms with Crippen molar-refractivity contribution in [3.63, 3.8) is 0 Å². The lowest BCUT2D eigenvalue weighted by molar-refractivity contribution is 0.0715. The van der Waals surface area contributed by atoms with Crippen molar-refractivity contribution < 1.29 is 13.2 Å². The summed E-state index contributed by atoms with van der Waals surface area (Å²) in [5.74, 6) is -0.102. The van der Waals surface area contributed by atoms with Crippen LogP contribution in [0.1, 0.15) is 40.4 Å². The number of amides is 1. The fourth-order valence-corrected chi connectivity index (χ4v) is 4.10.